The molecule has 0 bridgehead atoms. The first-order valence-electron chi connectivity index (χ1n) is 7.05. The third-order valence-corrected chi connectivity index (χ3v) is 3.93. The molecule has 4 heteroatoms. The first-order chi connectivity index (χ1) is 10.1. The van der Waals surface area contributed by atoms with Gasteiger partial charge in [-0.15, -0.1) is 0 Å². The minimum Gasteiger partial charge on any atom is -0.343 e. The van der Waals surface area contributed by atoms with E-state index in [0.29, 0.717) is 5.02 Å². The minimum atomic E-state index is 0.181. The molecule has 0 spiro atoms. The average Bonchev–Trinajstić information content (AvgIpc) is 2.83. The molecule has 3 nitrogen and oxygen atoms in total. The third kappa shape index (κ3) is 3.09. The number of hydrogen-bond donors (Lipinski definition) is 1. The summed E-state index contributed by atoms with van der Waals surface area (Å²) in [5, 5.41) is 1.94. The lowest BCUT2D eigenvalue weighted by molar-refractivity contribution is 0.738. The molecular weight excluding hydrogens is 282 g/mol. The van der Waals surface area contributed by atoms with Crippen LogP contribution in [0.2, 0.25) is 5.02 Å². The molecule has 2 aromatic heterocycles. The summed E-state index contributed by atoms with van der Waals surface area (Å²) in [5.41, 5.74) is 9.42. The van der Waals surface area contributed by atoms with Crippen molar-refractivity contribution >= 4 is 22.5 Å². The molecule has 0 fully saturated rings. The summed E-state index contributed by atoms with van der Waals surface area (Å²) in [6, 6.07) is 10.8. The smallest absolute Gasteiger partial charge is 0.0639 e. The maximum Gasteiger partial charge on any atom is 0.0639 e. The highest BCUT2D eigenvalue weighted by Crippen LogP contribution is 2.22. The Morgan fingerprint density at radius 1 is 1.29 bits per heavy atom. The van der Waals surface area contributed by atoms with E-state index >= 15 is 0 Å². The van der Waals surface area contributed by atoms with Crippen LogP contribution in [0.25, 0.3) is 10.9 Å². The average molecular weight is 300 g/mol. The largest absolute Gasteiger partial charge is 0.343 e. The topological polar surface area (TPSA) is 43.8 Å². The van der Waals surface area contributed by atoms with Crippen molar-refractivity contribution in [2.45, 2.75) is 25.9 Å². The van der Waals surface area contributed by atoms with Crippen molar-refractivity contribution in [3.05, 3.63) is 65.1 Å². The highest BCUT2D eigenvalue weighted by Gasteiger charge is 2.06. The zero-order valence-corrected chi connectivity index (χ0v) is 12.7. The van der Waals surface area contributed by atoms with Crippen LogP contribution in [0.4, 0.5) is 0 Å². The van der Waals surface area contributed by atoms with Crippen LogP contribution in [-0.2, 0) is 13.0 Å². The van der Waals surface area contributed by atoms with Gasteiger partial charge in [0.25, 0.3) is 0 Å². The second kappa shape index (κ2) is 5.88. The molecule has 1 atom stereocenters. The third-order valence-electron chi connectivity index (χ3n) is 3.59. The van der Waals surface area contributed by atoms with Gasteiger partial charge in [-0.2, -0.15) is 0 Å². The van der Waals surface area contributed by atoms with Gasteiger partial charge in [-0.1, -0.05) is 17.7 Å². The first-order valence-corrected chi connectivity index (χ1v) is 7.43. The van der Waals surface area contributed by atoms with Gasteiger partial charge in [-0.05, 0) is 54.1 Å². The molecule has 1 unspecified atom stereocenters. The number of nitrogens with two attached hydrogens (primary N) is 1. The van der Waals surface area contributed by atoms with Crippen molar-refractivity contribution in [2.75, 3.05) is 0 Å². The van der Waals surface area contributed by atoms with Gasteiger partial charge >= 0.3 is 0 Å². The summed E-state index contributed by atoms with van der Waals surface area (Å²) >= 11 is 6.19. The van der Waals surface area contributed by atoms with Crippen molar-refractivity contribution < 1.29 is 0 Å². The summed E-state index contributed by atoms with van der Waals surface area (Å²) in [6.07, 6.45) is 6.45. The van der Waals surface area contributed by atoms with Crippen molar-refractivity contribution in [1.29, 1.82) is 0 Å². The van der Waals surface area contributed by atoms with E-state index in [1.165, 1.54) is 16.5 Å². The van der Waals surface area contributed by atoms with E-state index in [1.54, 1.807) is 12.4 Å². The second-order valence-electron chi connectivity index (χ2n) is 5.49. The molecule has 3 rings (SSSR count). The lowest BCUT2D eigenvalue weighted by Gasteiger charge is -2.09. The van der Waals surface area contributed by atoms with Gasteiger partial charge in [-0.25, -0.2) is 0 Å². The molecule has 0 aliphatic carbocycles. The van der Waals surface area contributed by atoms with E-state index in [2.05, 4.69) is 40.0 Å². The number of hydrogen-bond acceptors (Lipinski definition) is 2. The van der Waals surface area contributed by atoms with Gasteiger partial charge in [0.1, 0.15) is 0 Å². The lowest BCUT2D eigenvalue weighted by atomic mass is 10.1. The lowest BCUT2D eigenvalue weighted by Crippen LogP contribution is -2.17. The van der Waals surface area contributed by atoms with Gasteiger partial charge in [0.15, 0.2) is 0 Å². The molecule has 3 aromatic rings. The number of aromatic nitrogens is 2. The number of halogens is 1. The molecule has 2 heterocycles. The quantitative estimate of drug-likeness (QED) is 0.799. The van der Waals surface area contributed by atoms with E-state index in [1.807, 2.05) is 13.0 Å². The van der Waals surface area contributed by atoms with Crippen LogP contribution in [-0.4, -0.2) is 15.6 Å². The number of pyridine rings is 1. The zero-order valence-electron chi connectivity index (χ0n) is 12.0. The second-order valence-corrected chi connectivity index (χ2v) is 5.89. The van der Waals surface area contributed by atoms with Crippen molar-refractivity contribution in [1.82, 2.24) is 9.55 Å². The van der Waals surface area contributed by atoms with Crippen LogP contribution in [0.1, 0.15) is 18.1 Å². The van der Waals surface area contributed by atoms with E-state index in [4.69, 9.17) is 17.3 Å². The summed E-state index contributed by atoms with van der Waals surface area (Å²) in [5.74, 6) is 0. The van der Waals surface area contributed by atoms with Crippen molar-refractivity contribution in [2.24, 2.45) is 5.73 Å². The van der Waals surface area contributed by atoms with Crippen LogP contribution in [0, 0.1) is 0 Å². The molecule has 0 aliphatic rings. The Hall–Kier alpha value is -1.84. The van der Waals surface area contributed by atoms with E-state index in [-0.39, 0.29) is 6.04 Å². The number of rotatable bonds is 4. The Bertz CT molecular complexity index is 762. The first kappa shape index (κ1) is 14.1. The Labute approximate surface area is 129 Å². The molecular formula is C17H18ClN3. The predicted molar refractivity (Wildman–Crippen MR) is 87.6 cm³/mol. The molecule has 0 aliphatic heterocycles. The van der Waals surface area contributed by atoms with Gasteiger partial charge in [0.05, 0.1) is 5.02 Å². The Kier molecular flexibility index (Phi) is 3.95. The van der Waals surface area contributed by atoms with Gasteiger partial charge in [0, 0.05) is 36.7 Å². The standard InChI is InChI=1S/C17H18ClN3/c1-12(19)8-13-2-3-17-14(9-13)5-7-21(17)11-15-4-6-20-10-16(15)18/h2-7,9-10,12H,8,11,19H2,1H3. The maximum absolute atomic E-state index is 6.19. The highest BCUT2D eigenvalue weighted by molar-refractivity contribution is 6.31. The van der Waals surface area contributed by atoms with Crippen LogP contribution < -0.4 is 5.73 Å². The van der Waals surface area contributed by atoms with Gasteiger partial charge in [0.2, 0.25) is 0 Å². The van der Waals surface area contributed by atoms with Crippen LogP contribution in [0.3, 0.4) is 0 Å². The van der Waals surface area contributed by atoms with E-state index < -0.39 is 0 Å². The van der Waals surface area contributed by atoms with Crippen LogP contribution in [0.5, 0.6) is 0 Å². The summed E-state index contributed by atoms with van der Waals surface area (Å²) in [7, 11) is 0. The SMILES string of the molecule is CC(N)Cc1ccc2c(ccn2Cc2ccncc2Cl)c1. The Morgan fingerprint density at radius 3 is 2.90 bits per heavy atom. The summed E-state index contributed by atoms with van der Waals surface area (Å²) in [6.45, 7) is 2.78. The fourth-order valence-electron chi connectivity index (χ4n) is 2.60. The number of fused-ring (bicyclic) bond motifs is 1. The summed E-state index contributed by atoms with van der Waals surface area (Å²) in [4.78, 5) is 4.02. The van der Waals surface area contributed by atoms with Gasteiger partial charge in [-0.3, -0.25) is 4.98 Å². The van der Waals surface area contributed by atoms with Crippen molar-refractivity contribution in [3.63, 3.8) is 0 Å². The molecule has 21 heavy (non-hydrogen) atoms. The van der Waals surface area contributed by atoms with Crippen LogP contribution >= 0.6 is 11.6 Å². The van der Waals surface area contributed by atoms with Gasteiger partial charge < -0.3 is 10.3 Å². The molecule has 0 saturated carbocycles. The number of benzene rings is 1. The molecule has 0 saturated heterocycles. The molecule has 2 N–H and O–H groups in total. The maximum atomic E-state index is 6.19. The molecule has 0 radical (unpaired) electrons. The fraction of sp³-hybridized carbons (Fsp3) is 0.235. The fourth-order valence-corrected chi connectivity index (χ4v) is 2.78. The van der Waals surface area contributed by atoms with E-state index in [9.17, 15) is 0 Å². The molecule has 108 valence electrons. The molecule has 0 amide bonds. The normalized spacial score (nSPS) is 12.7. The summed E-state index contributed by atoms with van der Waals surface area (Å²) < 4.78 is 2.20. The van der Waals surface area contributed by atoms with Crippen LogP contribution in [0.15, 0.2) is 48.9 Å². The zero-order chi connectivity index (χ0) is 14.8. The number of nitrogens with zero attached hydrogens (tertiary/aromatic N) is 2. The minimum absolute atomic E-state index is 0.181. The Balaban J connectivity index is 1.92. The van der Waals surface area contributed by atoms with Crippen molar-refractivity contribution in [3.8, 4) is 0 Å². The highest BCUT2D eigenvalue weighted by atomic mass is 35.5. The predicted octanol–water partition coefficient (Wildman–Crippen LogP) is 3.63. The Morgan fingerprint density at radius 2 is 2.14 bits per heavy atom. The monoisotopic (exact) mass is 299 g/mol. The van der Waals surface area contributed by atoms with E-state index in [0.717, 1.165) is 18.5 Å². The molecule has 1 aromatic carbocycles.